The molecule has 6 heteroatoms. The van der Waals surface area contributed by atoms with E-state index in [-0.39, 0.29) is 24.2 Å². The summed E-state index contributed by atoms with van der Waals surface area (Å²) in [5, 5.41) is 12.2. The van der Waals surface area contributed by atoms with Gasteiger partial charge in [-0.3, -0.25) is 4.79 Å². The van der Waals surface area contributed by atoms with E-state index in [1.54, 1.807) is 0 Å². The summed E-state index contributed by atoms with van der Waals surface area (Å²) in [5.74, 6) is -1.02. The Labute approximate surface area is 132 Å². The molecule has 2 atom stereocenters. The lowest BCUT2D eigenvalue weighted by atomic mass is 9.73. The highest BCUT2D eigenvalue weighted by Gasteiger charge is 2.58. The highest BCUT2D eigenvalue weighted by atomic mass is 16.8. The van der Waals surface area contributed by atoms with Gasteiger partial charge in [0, 0.05) is 25.3 Å². The fourth-order valence-electron chi connectivity index (χ4n) is 3.91. The lowest BCUT2D eigenvalue weighted by Crippen LogP contribution is -2.66. The zero-order valence-corrected chi connectivity index (χ0v) is 14.3. The molecule has 0 radical (unpaired) electrons. The molecule has 2 heterocycles. The van der Waals surface area contributed by atoms with Crippen molar-refractivity contribution in [3.8, 4) is 0 Å². The van der Waals surface area contributed by atoms with Crippen molar-refractivity contribution in [2.75, 3.05) is 13.2 Å². The van der Waals surface area contributed by atoms with Crippen LogP contribution in [0.25, 0.3) is 0 Å². The first-order valence-electron chi connectivity index (χ1n) is 8.13. The van der Waals surface area contributed by atoms with Crippen molar-refractivity contribution in [2.45, 2.75) is 83.3 Å². The first-order chi connectivity index (χ1) is 10.2. The largest absolute Gasteiger partial charge is 0.463 e. The van der Waals surface area contributed by atoms with E-state index in [1.165, 1.54) is 12.0 Å². The number of nitrogens with zero attached hydrogens (tertiary/aromatic N) is 1. The number of hydrogen-bond acceptors (Lipinski definition) is 6. The zero-order chi connectivity index (χ0) is 16.6. The van der Waals surface area contributed by atoms with Crippen LogP contribution in [-0.2, 0) is 19.0 Å². The van der Waals surface area contributed by atoms with E-state index >= 15 is 0 Å². The van der Waals surface area contributed by atoms with Gasteiger partial charge in [-0.1, -0.05) is 13.8 Å². The molecule has 2 fully saturated rings. The van der Waals surface area contributed by atoms with E-state index < -0.39 is 11.3 Å². The summed E-state index contributed by atoms with van der Waals surface area (Å²) < 4.78 is 17.2. The van der Waals surface area contributed by atoms with Gasteiger partial charge in [-0.15, -0.1) is 0 Å². The molecular weight excluding hydrogens is 286 g/mol. The fourth-order valence-corrected chi connectivity index (χ4v) is 3.91. The van der Waals surface area contributed by atoms with Gasteiger partial charge in [0.25, 0.3) is 0 Å². The summed E-state index contributed by atoms with van der Waals surface area (Å²) in [5.41, 5.74) is -0.807. The molecule has 2 saturated heterocycles. The Balaban J connectivity index is 2.16. The highest BCUT2D eigenvalue weighted by Crippen LogP contribution is 2.49. The molecule has 2 rings (SSSR count). The Morgan fingerprint density at radius 1 is 1.32 bits per heavy atom. The van der Waals surface area contributed by atoms with E-state index in [0.29, 0.717) is 19.4 Å². The summed E-state index contributed by atoms with van der Waals surface area (Å²) in [4.78, 5) is 11.0. The van der Waals surface area contributed by atoms with Crippen molar-refractivity contribution in [3.05, 3.63) is 0 Å². The quantitative estimate of drug-likeness (QED) is 0.804. The Morgan fingerprint density at radius 3 is 2.50 bits per heavy atom. The van der Waals surface area contributed by atoms with Gasteiger partial charge in [-0.25, -0.2) is 0 Å². The predicted molar refractivity (Wildman–Crippen MR) is 80.4 cm³/mol. The van der Waals surface area contributed by atoms with Gasteiger partial charge in [-0.05, 0) is 26.7 Å². The number of carbonyl (C=O) groups is 1. The van der Waals surface area contributed by atoms with E-state index in [9.17, 15) is 10.0 Å². The number of carbonyl (C=O) groups excluding carboxylic acids is 1. The molecule has 0 aromatic carbocycles. The molecule has 6 nitrogen and oxygen atoms in total. The summed E-state index contributed by atoms with van der Waals surface area (Å²) >= 11 is 0. The number of hydroxylamine groups is 2. The van der Waals surface area contributed by atoms with Crippen LogP contribution in [0.5, 0.6) is 0 Å². The summed E-state index contributed by atoms with van der Waals surface area (Å²) in [6.07, 6.45) is 2.58. The molecule has 0 aromatic rings. The monoisotopic (exact) mass is 315 g/mol. The molecule has 1 N–H and O–H groups in total. The summed E-state index contributed by atoms with van der Waals surface area (Å²) in [7, 11) is 0. The van der Waals surface area contributed by atoms with Crippen molar-refractivity contribution in [1.29, 1.82) is 0 Å². The molecular formula is C16H29NO5. The van der Waals surface area contributed by atoms with Crippen LogP contribution in [-0.4, -0.2) is 52.4 Å². The highest BCUT2D eigenvalue weighted by molar-refractivity contribution is 5.65. The van der Waals surface area contributed by atoms with Crippen molar-refractivity contribution in [1.82, 2.24) is 5.06 Å². The van der Waals surface area contributed by atoms with Crippen molar-refractivity contribution in [2.24, 2.45) is 0 Å². The second kappa shape index (κ2) is 6.07. The number of ether oxygens (including phenoxy) is 3. The maximum atomic E-state index is 11.0. The Kier molecular flexibility index (Phi) is 4.88. The third-order valence-electron chi connectivity index (χ3n) is 5.03. The minimum absolute atomic E-state index is 0.214. The number of hydrogen-bond donors (Lipinski definition) is 1. The maximum Gasteiger partial charge on any atom is 0.302 e. The summed E-state index contributed by atoms with van der Waals surface area (Å²) in [6, 6.07) is 0. The van der Waals surface area contributed by atoms with Crippen LogP contribution >= 0.6 is 0 Å². The van der Waals surface area contributed by atoms with Crippen molar-refractivity contribution in [3.63, 3.8) is 0 Å². The van der Waals surface area contributed by atoms with Gasteiger partial charge in [0.15, 0.2) is 5.79 Å². The lowest BCUT2D eigenvalue weighted by Gasteiger charge is -2.56. The molecule has 2 aliphatic heterocycles. The second-order valence-corrected chi connectivity index (χ2v) is 7.17. The second-order valence-electron chi connectivity index (χ2n) is 7.17. The van der Waals surface area contributed by atoms with E-state index in [4.69, 9.17) is 14.2 Å². The van der Waals surface area contributed by atoms with Crippen LogP contribution < -0.4 is 0 Å². The molecule has 0 bridgehead atoms. The van der Waals surface area contributed by atoms with Crippen LogP contribution in [0.1, 0.15) is 60.3 Å². The van der Waals surface area contributed by atoms with Gasteiger partial charge in [0.05, 0.1) is 12.1 Å². The topological polar surface area (TPSA) is 68.2 Å². The molecule has 1 spiro atoms. The number of piperidine rings is 1. The predicted octanol–water partition coefficient (Wildman–Crippen LogP) is 2.48. The minimum atomic E-state index is -0.709. The zero-order valence-electron chi connectivity index (χ0n) is 14.3. The average Bonchev–Trinajstić information content (AvgIpc) is 2.83. The minimum Gasteiger partial charge on any atom is -0.463 e. The van der Waals surface area contributed by atoms with Gasteiger partial charge in [-0.2, -0.15) is 5.06 Å². The van der Waals surface area contributed by atoms with Gasteiger partial charge in [0.1, 0.15) is 12.7 Å². The first kappa shape index (κ1) is 17.7. The number of esters is 1. The number of rotatable bonds is 4. The van der Waals surface area contributed by atoms with E-state index in [2.05, 4.69) is 13.8 Å². The third kappa shape index (κ3) is 3.15. The van der Waals surface area contributed by atoms with Crippen LogP contribution in [0.15, 0.2) is 0 Å². The standard InChI is InChI=1S/C16H29NO5/c1-6-15(7-2)11-16(10-14(4,5)17(15)19)21-9-13(22-16)8-20-12(3)18/h13,19H,6-11H2,1-5H3. The molecule has 2 aliphatic rings. The fraction of sp³-hybridized carbons (Fsp3) is 0.938. The Morgan fingerprint density at radius 2 is 1.95 bits per heavy atom. The lowest BCUT2D eigenvalue weighted by molar-refractivity contribution is -0.327. The first-order valence-corrected chi connectivity index (χ1v) is 8.13. The van der Waals surface area contributed by atoms with E-state index in [1.807, 2.05) is 13.8 Å². The molecule has 0 aromatic heterocycles. The SMILES string of the molecule is CCC1(CC)CC2(CC(C)(C)N1O)OCC(COC(C)=O)O2. The van der Waals surface area contributed by atoms with Crippen LogP contribution in [0.2, 0.25) is 0 Å². The van der Waals surface area contributed by atoms with Gasteiger partial charge >= 0.3 is 5.97 Å². The Hall–Kier alpha value is -0.690. The maximum absolute atomic E-state index is 11.0. The molecule has 0 saturated carbocycles. The molecule has 2 unspecified atom stereocenters. The normalized spacial score (nSPS) is 34.0. The molecule has 0 amide bonds. The smallest absolute Gasteiger partial charge is 0.302 e. The van der Waals surface area contributed by atoms with Crippen LogP contribution in [0.4, 0.5) is 0 Å². The van der Waals surface area contributed by atoms with E-state index in [0.717, 1.165) is 12.8 Å². The Bertz CT molecular complexity index is 421. The summed E-state index contributed by atoms with van der Waals surface area (Å²) in [6.45, 7) is 10.2. The molecule has 128 valence electrons. The van der Waals surface area contributed by atoms with Gasteiger partial charge < -0.3 is 19.4 Å². The molecule has 0 aliphatic carbocycles. The average molecular weight is 315 g/mol. The van der Waals surface area contributed by atoms with Crippen LogP contribution in [0, 0.1) is 0 Å². The van der Waals surface area contributed by atoms with Crippen LogP contribution in [0.3, 0.4) is 0 Å². The molecule has 22 heavy (non-hydrogen) atoms. The van der Waals surface area contributed by atoms with Crippen molar-refractivity contribution < 1.29 is 24.2 Å². The third-order valence-corrected chi connectivity index (χ3v) is 5.03. The van der Waals surface area contributed by atoms with Gasteiger partial charge in [0.2, 0.25) is 0 Å². The van der Waals surface area contributed by atoms with Crippen molar-refractivity contribution >= 4 is 5.97 Å².